The Morgan fingerprint density at radius 1 is 1.44 bits per heavy atom. The Bertz CT molecular complexity index is 770. The van der Waals surface area contributed by atoms with Crippen molar-refractivity contribution in [1.29, 1.82) is 0 Å². The normalized spacial score (nSPS) is 14.5. The largest absolute Gasteiger partial charge is 0.493 e. The van der Waals surface area contributed by atoms with Crippen LogP contribution in [0.5, 0.6) is 5.75 Å². The van der Waals surface area contributed by atoms with E-state index in [0.29, 0.717) is 11.7 Å². The quantitative estimate of drug-likeness (QED) is 0.803. The summed E-state index contributed by atoms with van der Waals surface area (Å²) in [5.74, 6) is 0.617. The molecule has 6 heteroatoms. The highest BCUT2D eigenvalue weighted by Gasteiger charge is 2.18. The van der Waals surface area contributed by atoms with Gasteiger partial charge in [0.15, 0.2) is 5.13 Å². The van der Waals surface area contributed by atoms with E-state index in [0.717, 1.165) is 42.9 Å². The van der Waals surface area contributed by atoms with Gasteiger partial charge in [-0.05, 0) is 25.6 Å². The van der Waals surface area contributed by atoms with E-state index in [9.17, 15) is 4.79 Å². The molecule has 0 spiro atoms. The molecular weight excluding hydrogens is 334 g/mol. The summed E-state index contributed by atoms with van der Waals surface area (Å²) >= 11 is 1.56. The number of anilines is 1. The van der Waals surface area contributed by atoms with Gasteiger partial charge in [0.2, 0.25) is 5.91 Å². The topological polar surface area (TPSA) is 54.5 Å². The van der Waals surface area contributed by atoms with E-state index < -0.39 is 0 Å². The summed E-state index contributed by atoms with van der Waals surface area (Å²) in [4.78, 5) is 20.3. The van der Waals surface area contributed by atoms with E-state index in [-0.39, 0.29) is 5.91 Å². The Hall–Kier alpha value is -2.18. The van der Waals surface area contributed by atoms with E-state index in [1.165, 1.54) is 11.0 Å². The number of thiazole rings is 1. The Morgan fingerprint density at radius 2 is 2.28 bits per heavy atom. The molecule has 1 aliphatic rings. The number of carbonyl (C=O) groups excluding carboxylic acids is 1. The molecule has 3 rings (SSSR count). The van der Waals surface area contributed by atoms with Crippen molar-refractivity contribution >= 4 is 28.5 Å². The van der Waals surface area contributed by atoms with Crippen LogP contribution in [0.25, 0.3) is 6.08 Å². The number of nitrogens with zero attached hydrogens (tertiary/aromatic N) is 2. The molecule has 0 saturated carbocycles. The first-order valence-electron chi connectivity index (χ1n) is 8.53. The SMILES string of the molecule is CCCOc1ccccc1/C=C/C(=O)Nc1nc2c(s1)CN(C)CC2. The van der Waals surface area contributed by atoms with Gasteiger partial charge in [0.25, 0.3) is 0 Å². The fourth-order valence-corrected chi connectivity index (χ4v) is 3.74. The van der Waals surface area contributed by atoms with E-state index >= 15 is 0 Å². The van der Waals surface area contributed by atoms with Crippen LogP contribution in [0.15, 0.2) is 30.3 Å². The highest BCUT2D eigenvalue weighted by atomic mass is 32.1. The van der Waals surface area contributed by atoms with Crippen molar-refractivity contribution in [3.63, 3.8) is 0 Å². The maximum Gasteiger partial charge on any atom is 0.250 e. The van der Waals surface area contributed by atoms with Gasteiger partial charge in [0.05, 0.1) is 12.3 Å². The molecule has 2 heterocycles. The summed E-state index contributed by atoms with van der Waals surface area (Å²) in [6.07, 6.45) is 5.20. The molecule has 0 atom stereocenters. The van der Waals surface area contributed by atoms with Crippen molar-refractivity contribution < 1.29 is 9.53 Å². The first kappa shape index (κ1) is 17.6. The van der Waals surface area contributed by atoms with Crippen LogP contribution in [0.1, 0.15) is 29.5 Å². The Kier molecular flexibility index (Phi) is 5.83. The van der Waals surface area contributed by atoms with Crippen molar-refractivity contribution in [3.8, 4) is 5.75 Å². The van der Waals surface area contributed by atoms with Gasteiger partial charge < -0.3 is 9.64 Å². The molecule has 1 aromatic heterocycles. The number of para-hydroxylation sites is 1. The minimum absolute atomic E-state index is 0.176. The number of hydrogen-bond acceptors (Lipinski definition) is 5. The average molecular weight is 357 g/mol. The molecule has 0 radical (unpaired) electrons. The van der Waals surface area contributed by atoms with Crippen LogP contribution in [0.4, 0.5) is 5.13 Å². The summed E-state index contributed by atoms with van der Waals surface area (Å²) in [7, 11) is 2.10. The van der Waals surface area contributed by atoms with Gasteiger partial charge in [-0.3, -0.25) is 10.1 Å². The number of hydrogen-bond donors (Lipinski definition) is 1. The molecule has 25 heavy (non-hydrogen) atoms. The first-order valence-corrected chi connectivity index (χ1v) is 9.35. The Balaban J connectivity index is 1.64. The lowest BCUT2D eigenvalue weighted by Gasteiger charge is -2.20. The van der Waals surface area contributed by atoms with Crippen LogP contribution in [0.3, 0.4) is 0 Å². The van der Waals surface area contributed by atoms with Gasteiger partial charge >= 0.3 is 0 Å². The molecule has 0 aliphatic carbocycles. The van der Waals surface area contributed by atoms with Crippen LogP contribution in [-0.2, 0) is 17.8 Å². The van der Waals surface area contributed by atoms with Crippen LogP contribution in [0, 0.1) is 0 Å². The van der Waals surface area contributed by atoms with Gasteiger partial charge in [-0.2, -0.15) is 0 Å². The number of ether oxygens (including phenoxy) is 1. The molecule has 1 amide bonds. The van der Waals surface area contributed by atoms with Gasteiger partial charge in [-0.25, -0.2) is 4.98 Å². The summed E-state index contributed by atoms with van der Waals surface area (Å²) in [5, 5.41) is 3.54. The molecule has 0 saturated heterocycles. The third-order valence-corrected chi connectivity index (χ3v) is 4.95. The molecule has 2 aromatic rings. The summed E-state index contributed by atoms with van der Waals surface area (Å²) in [6, 6.07) is 7.71. The molecule has 1 aromatic carbocycles. The Morgan fingerprint density at radius 3 is 3.12 bits per heavy atom. The predicted molar refractivity (Wildman–Crippen MR) is 102 cm³/mol. The van der Waals surface area contributed by atoms with Crippen molar-refractivity contribution in [2.75, 3.05) is 25.5 Å². The number of benzene rings is 1. The number of nitrogens with one attached hydrogen (secondary N) is 1. The summed E-state index contributed by atoms with van der Waals surface area (Å²) in [5.41, 5.74) is 2.01. The van der Waals surface area contributed by atoms with E-state index in [4.69, 9.17) is 4.74 Å². The number of rotatable bonds is 6. The number of aromatic nitrogens is 1. The summed E-state index contributed by atoms with van der Waals surface area (Å²) in [6.45, 7) is 4.65. The number of amides is 1. The van der Waals surface area contributed by atoms with Crippen molar-refractivity contribution in [3.05, 3.63) is 46.5 Å². The van der Waals surface area contributed by atoms with E-state index in [1.54, 1.807) is 17.4 Å². The van der Waals surface area contributed by atoms with Crippen LogP contribution in [0.2, 0.25) is 0 Å². The zero-order valence-corrected chi connectivity index (χ0v) is 15.4. The molecule has 132 valence electrons. The lowest BCUT2D eigenvalue weighted by atomic mass is 10.2. The highest BCUT2D eigenvalue weighted by Crippen LogP contribution is 2.27. The predicted octanol–water partition coefficient (Wildman–Crippen LogP) is 3.57. The van der Waals surface area contributed by atoms with Crippen molar-refractivity contribution in [2.24, 2.45) is 0 Å². The first-order chi connectivity index (χ1) is 12.2. The lowest BCUT2D eigenvalue weighted by molar-refractivity contribution is -0.111. The fourth-order valence-electron chi connectivity index (χ4n) is 2.65. The molecule has 0 unspecified atom stereocenters. The van der Waals surface area contributed by atoms with Gasteiger partial charge in [0, 0.05) is 36.0 Å². The lowest BCUT2D eigenvalue weighted by Crippen LogP contribution is -2.25. The average Bonchev–Trinajstić information content (AvgIpc) is 3.00. The molecule has 0 fully saturated rings. The fraction of sp³-hybridized carbons (Fsp3) is 0.368. The standard InChI is InChI=1S/C19H23N3O2S/c1-3-12-24-16-7-5-4-6-14(16)8-9-18(23)21-19-20-15-10-11-22(2)13-17(15)25-19/h4-9H,3,10-13H2,1-2H3,(H,20,21,23)/b9-8+. The van der Waals surface area contributed by atoms with Gasteiger partial charge in [-0.1, -0.05) is 25.1 Å². The molecule has 1 N–H and O–H groups in total. The molecule has 1 aliphatic heterocycles. The van der Waals surface area contributed by atoms with Crippen molar-refractivity contribution in [2.45, 2.75) is 26.3 Å². The minimum Gasteiger partial charge on any atom is -0.493 e. The second-order valence-corrected chi connectivity index (χ2v) is 7.17. The van der Waals surface area contributed by atoms with E-state index in [1.807, 2.05) is 24.3 Å². The third kappa shape index (κ3) is 4.67. The second-order valence-electron chi connectivity index (χ2n) is 6.09. The molecule has 0 bridgehead atoms. The second kappa shape index (κ2) is 8.27. The van der Waals surface area contributed by atoms with Crippen LogP contribution < -0.4 is 10.1 Å². The maximum absolute atomic E-state index is 12.2. The monoisotopic (exact) mass is 357 g/mol. The molecular formula is C19H23N3O2S. The van der Waals surface area contributed by atoms with Gasteiger partial charge in [0.1, 0.15) is 5.75 Å². The van der Waals surface area contributed by atoms with Crippen LogP contribution in [-0.4, -0.2) is 36.0 Å². The minimum atomic E-state index is -0.176. The highest BCUT2D eigenvalue weighted by molar-refractivity contribution is 7.15. The Labute approximate surface area is 152 Å². The zero-order chi connectivity index (χ0) is 17.6. The summed E-state index contributed by atoms with van der Waals surface area (Å²) < 4.78 is 5.70. The number of fused-ring (bicyclic) bond motifs is 1. The smallest absolute Gasteiger partial charge is 0.250 e. The van der Waals surface area contributed by atoms with E-state index in [2.05, 4.69) is 29.2 Å². The third-order valence-electron chi connectivity index (χ3n) is 3.95. The van der Waals surface area contributed by atoms with Gasteiger partial charge in [-0.15, -0.1) is 11.3 Å². The zero-order valence-electron chi connectivity index (χ0n) is 14.6. The van der Waals surface area contributed by atoms with Crippen LogP contribution >= 0.6 is 11.3 Å². The molecule has 5 nitrogen and oxygen atoms in total. The maximum atomic E-state index is 12.2. The number of carbonyl (C=O) groups is 1. The number of likely N-dealkylation sites (N-methyl/N-ethyl adjacent to an activating group) is 1. The van der Waals surface area contributed by atoms with Crippen molar-refractivity contribution in [1.82, 2.24) is 9.88 Å².